The first-order chi connectivity index (χ1) is 18.7. The maximum Gasteiger partial charge on any atom is 0.310 e. The van der Waals surface area contributed by atoms with Gasteiger partial charge in [0.05, 0.1) is 23.7 Å². The molecule has 0 spiro atoms. The Morgan fingerprint density at radius 1 is 1.21 bits per heavy atom. The standard InChI is InChI=1S/C28H33ClN4O6/c1-17(31-25(35)19-11-12-21(30)20(29)15-19)27(37)33-13-5-10-23(33)26(36)32-22-16-24(34)39-28(22)38-14-6-9-18-7-3-2-4-8-18/h2-4,7-8,11-12,15,17,22-23,28H,5-6,9-10,13-14,16,30H2,1H3,(H,31,35)(H,32,36)/t17-,22?,23-,28+/m0/s1. The third-order valence-electron chi connectivity index (χ3n) is 6.84. The van der Waals surface area contributed by atoms with Gasteiger partial charge in [-0.2, -0.15) is 0 Å². The molecule has 2 aliphatic heterocycles. The zero-order valence-electron chi connectivity index (χ0n) is 21.7. The first-order valence-corrected chi connectivity index (χ1v) is 13.4. The Morgan fingerprint density at radius 2 is 1.97 bits per heavy atom. The number of benzene rings is 2. The van der Waals surface area contributed by atoms with Crippen LogP contribution in [-0.2, 0) is 30.3 Å². The molecular weight excluding hydrogens is 524 g/mol. The van der Waals surface area contributed by atoms with E-state index in [1.807, 2.05) is 30.3 Å². The SMILES string of the molecule is C[C@H](NC(=O)c1ccc(N)c(Cl)c1)C(=O)N1CCC[C@H]1C(=O)NC1CC(=O)O[C@H]1OCCCc1ccccc1. The van der Waals surface area contributed by atoms with E-state index in [1.165, 1.54) is 28.7 Å². The van der Waals surface area contributed by atoms with Gasteiger partial charge in [-0.05, 0) is 56.4 Å². The Hall–Kier alpha value is -3.63. The fraction of sp³-hybridized carbons (Fsp3) is 0.429. The highest BCUT2D eigenvalue weighted by Gasteiger charge is 2.41. The normalized spacial score (nSPS) is 21.3. The molecule has 2 heterocycles. The summed E-state index contributed by atoms with van der Waals surface area (Å²) in [6, 6.07) is 12.2. The predicted molar refractivity (Wildman–Crippen MR) is 145 cm³/mol. The highest BCUT2D eigenvalue weighted by molar-refractivity contribution is 6.33. The van der Waals surface area contributed by atoms with Crippen molar-refractivity contribution in [3.8, 4) is 0 Å². The molecule has 4 N–H and O–H groups in total. The van der Waals surface area contributed by atoms with Crippen molar-refractivity contribution in [2.75, 3.05) is 18.9 Å². The van der Waals surface area contributed by atoms with Gasteiger partial charge in [0.25, 0.3) is 5.91 Å². The Kier molecular flexibility index (Phi) is 9.42. The quantitative estimate of drug-likeness (QED) is 0.232. The number of likely N-dealkylation sites (tertiary alicyclic amines) is 1. The molecule has 2 aromatic rings. The zero-order chi connectivity index (χ0) is 27.9. The molecule has 4 rings (SSSR count). The van der Waals surface area contributed by atoms with Crippen LogP contribution in [0.15, 0.2) is 48.5 Å². The van der Waals surface area contributed by atoms with Gasteiger partial charge >= 0.3 is 5.97 Å². The number of hydrogen-bond donors (Lipinski definition) is 3. The van der Waals surface area contributed by atoms with Gasteiger partial charge in [0, 0.05) is 12.1 Å². The van der Waals surface area contributed by atoms with E-state index in [0.717, 1.165) is 12.8 Å². The number of esters is 1. The van der Waals surface area contributed by atoms with Crippen molar-refractivity contribution < 1.29 is 28.7 Å². The van der Waals surface area contributed by atoms with Gasteiger partial charge in [0.2, 0.25) is 18.1 Å². The molecule has 2 aromatic carbocycles. The summed E-state index contributed by atoms with van der Waals surface area (Å²) in [5.41, 5.74) is 7.49. The average Bonchev–Trinajstić information content (AvgIpc) is 3.54. The summed E-state index contributed by atoms with van der Waals surface area (Å²) >= 11 is 6.00. The predicted octanol–water partition coefficient (Wildman–Crippen LogP) is 2.44. The number of hydrogen-bond acceptors (Lipinski definition) is 7. The number of amides is 3. The van der Waals surface area contributed by atoms with E-state index in [-0.39, 0.29) is 28.8 Å². The van der Waals surface area contributed by atoms with Gasteiger partial charge in [0.1, 0.15) is 18.1 Å². The number of rotatable bonds is 10. The molecule has 1 unspecified atom stereocenters. The molecule has 208 valence electrons. The molecule has 10 nitrogen and oxygen atoms in total. The number of anilines is 1. The third-order valence-corrected chi connectivity index (χ3v) is 7.17. The Labute approximate surface area is 232 Å². The van der Waals surface area contributed by atoms with Crippen molar-refractivity contribution in [2.24, 2.45) is 0 Å². The molecule has 0 bridgehead atoms. The molecule has 11 heteroatoms. The monoisotopic (exact) mass is 556 g/mol. The summed E-state index contributed by atoms with van der Waals surface area (Å²) in [6.07, 6.45) is 1.76. The summed E-state index contributed by atoms with van der Waals surface area (Å²) in [5.74, 6) is -1.69. The van der Waals surface area contributed by atoms with Crippen molar-refractivity contribution in [2.45, 2.75) is 63.4 Å². The third kappa shape index (κ3) is 7.27. The largest absolute Gasteiger partial charge is 0.433 e. The molecule has 4 atom stereocenters. The van der Waals surface area contributed by atoms with Crippen LogP contribution in [0.4, 0.5) is 5.69 Å². The molecular formula is C28H33ClN4O6. The first kappa shape index (κ1) is 28.4. The van der Waals surface area contributed by atoms with Crippen molar-refractivity contribution in [1.29, 1.82) is 0 Å². The van der Waals surface area contributed by atoms with Gasteiger partial charge in [-0.1, -0.05) is 41.9 Å². The summed E-state index contributed by atoms with van der Waals surface area (Å²) < 4.78 is 11.1. The van der Waals surface area contributed by atoms with E-state index in [0.29, 0.717) is 31.7 Å². The molecule has 0 aromatic heterocycles. The number of nitrogens with two attached hydrogens (primary N) is 1. The molecule has 2 aliphatic rings. The lowest BCUT2D eigenvalue weighted by Crippen LogP contribution is -2.54. The number of nitrogen functional groups attached to an aromatic ring is 1. The Balaban J connectivity index is 1.29. The van der Waals surface area contributed by atoms with Crippen molar-refractivity contribution in [3.05, 3.63) is 64.7 Å². The first-order valence-electron chi connectivity index (χ1n) is 13.0. The lowest BCUT2D eigenvalue weighted by molar-refractivity contribution is -0.165. The topological polar surface area (TPSA) is 140 Å². The van der Waals surface area contributed by atoms with Crippen LogP contribution in [0.25, 0.3) is 0 Å². The van der Waals surface area contributed by atoms with Crippen LogP contribution in [0.1, 0.15) is 48.5 Å². The minimum atomic E-state index is -0.882. The number of nitrogens with one attached hydrogen (secondary N) is 2. The van der Waals surface area contributed by atoms with Crippen LogP contribution in [0.3, 0.4) is 0 Å². The Bertz CT molecular complexity index is 1210. The molecule has 0 radical (unpaired) electrons. The van der Waals surface area contributed by atoms with E-state index in [4.69, 9.17) is 26.8 Å². The summed E-state index contributed by atoms with van der Waals surface area (Å²) in [6.45, 7) is 2.31. The maximum absolute atomic E-state index is 13.2. The van der Waals surface area contributed by atoms with Crippen molar-refractivity contribution >= 4 is 41.0 Å². The van der Waals surface area contributed by atoms with E-state index >= 15 is 0 Å². The fourth-order valence-electron chi connectivity index (χ4n) is 4.77. The molecule has 39 heavy (non-hydrogen) atoms. The highest BCUT2D eigenvalue weighted by Crippen LogP contribution is 2.23. The zero-order valence-corrected chi connectivity index (χ0v) is 22.5. The van der Waals surface area contributed by atoms with Crippen molar-refractivity contribution in [3.63, 3.8) is 0 Å². The number of aryl methyl sites for hydroxylation is 1. The molecule has 0 saturated carbocycles. The maximum atomic E-state index is 13.2. The number of cyclic esters (lactones) is 1. The number of carbonyl (C=O) groups is 4. The summed E-state index contributed by atoms with van der Waals surface area (Å²) in [4.78, 5) is 52.4. The molecule has 0 aliphatic carbocycles. The van der Waals surface area contributed by atoms with Crippen LogP contribution in [0, 0.1) is 0 Å². The number of nitrogens with zero attached hydrogens (tertiary/aromatic N) is 1. The van der Waals surface area contributed by atoms with Gasteiger partial charge in [-0.25, -0.2) is 0 Å². The number of halogens is 1. The van der Waals surface area contributed by atoms with E-state index in [2.05, 4.69) is 10.6 Å². The Morgan fingerprint density at radius 3 is 2.72 bits per heavy atom. The van der Waals surface area contributed by atoms with Crippen molar-refractivity contribution in [1.82, 2.24) is 15.5 Å². The van der Waals surface area contributed by atoms with Gasteiger partial charge in [0.15, 0.2) is 0 Å². The highest BCUT2D eigenvalue weighted by atomic mass is 35.5. The van der Waals surface area contributed by atoms with Crippen LogP contribution in [0.2, 0.25) is 5.02 Å². The molecule has 3 amide bonds. The van der Waals surface area contributed by atoms with Gasteiger partial charge in [-0.3, -0.25) is 19.2 Å². The second kappa shape index (κ2) is 12.9. The van der Waals surface area contributed by atoms with Crippen LogP contribution in [0.5, 0.6) is 0 Å². The second-order valence-corrected chi connectivity index (χ2v) is 10.2. The average molecular weight is 557 g/mol. The van der Waals surface area contributed by atoms with Crippen LogP contribution >= 0.6 is 11.6 Å². The van der Waals surface area contributed by atoms with E-state index in [9.17, 15) is 19.2 Å². The van der Waals surface area contributed by atoms with Gasteiger partial charge in [-0.15, -0.1) is 0 Å². The smallest absolute Gasteiger partial charge is 0.310 e. The van der Waals surface area contributed by atoms with E-state index in [1.54, 1.807) is 6.92 Å². The molecule has 2 fully saturated rings. The fourth-order valence-corrected chi connectivity index (χ4v) is 4.95. The van der Waals surface area contributed by atoms with Crippen LogP contribution in [-0.4, -0.2) is 66.2 Å². The van der Waals surface area contributed by atoms with Crippen LogP contribution < -0.4 is 16.4 Å². The minimum absolute atomic E-state index is 0.00757. The van der Waals surface area contributed by atoms with E-state index < -0.39 is 36.3 Å². The number of carbonyl (C=O) groups excluding carboxylic acids is 4. The second-order valence-electron chi connectivity index (χ2n) is 9.76. The lowest BCUT2D eigenvalue weighted by Gasteiger charge is -2.28. The lowest BCUT2D eigenvalue weighted by atomic mass is 10.1. The summed E-state index contributed by atoms with van der Waals surface area (Å²) in [7, 11) is 0. The number of ether oxygens (including phenoxy) is 2. The summed E-state index contributed by atoms with van der Waals surface area (Å²) in [5, 5.41) is 5.75. The van der Waals surface area contributed by atoms with Gasteiger partial charge < -0.3 is 30.7 Å². The molecule has 2 saturated heterocycles. The minimum Gasteiger partial charge on any atom is -0.433 e.